The molecule has 0 aliphatic rings. The van der Waals surface area contributed by atoms with Crippen LogP contribution in [0.3, 0.4) is 0 Å². The summed E-state index contributed by atoms with van der Waals surface area (Å²) in [6, 6.07) is 3.08. The zero-order chi connectivity index (χ0) is 17.4. The van der Waals surface area contributed by atoms with E-state index >= 15 is 0 Å². The van der Waals surface area contributed by atoms with Gasteiger partial charge in [0.15, 0.2) is 0 Å². The lowest BCUT2D eigenvalue weighted by atomic mass is 10.0. The first kappa shape index (κ1) is 16.3. The molecule has 0 bridgehead atoms. The highest BCUT2D eigenvalue weighted by atomic mass is 19.4. The van der Waals surface area contributed by atoms with Crippen molar-refractivity contribution in [3.63, 3.8) is 0 Å². The molecule has 23 heavy (non-hydrogen) atoms. The van der Waals surface area contributed by atoms with Crippen molar-refractivity contribution >= 4 is 11.8 Å². The van der Waals surface area contributed by atoms with Gasteiger partial charge in [0.05, 0.1) is 18.4 Å². The fourth-order valence-electron chi connectivity index (χ4n) is 1.90. The van der Waals surface area contributed by atoms with Crippen LogP contribution in [0.5, 0.6) is 5.75 Å². The Labute approximate surface area is 127 Å². The van der Waals surface area contributed by atoms with Gasteiger partial charge in [-0.05, 0) is 12.1 Å². The number of nitriles is 1. The standard InChI is InChI=1S/C13H9F4N5O/c1-23-5-2-6(9(14)8(3-5)13(15,16)17)10-7(4-18)11(19)22-12(20)21-10/h2-3H,1H3,(H4,19,20,21,22). The lowest BCUT2D eigenvalue weighted by Crippen LogP contribution is -2.11. The maximum absolute atomic E-state index is 14.3. The summed E-state index contributed by atoms with van der Waals surface area (Å²) in [6.45, 7) is 0. The maximum atomic E-state index is 14.3. The summed E-state index contributed by atoms with van der Waals surface area (Å²) in [4.78, 5) is 7.16. The highest BCUT2D eigenvalue weighted by Gasteiger charge is 2.36. The molecule has 0 saturated carbocycles. The van der Waals surface area contributed by atoms with Crippen LogP contribution in [0, 0.1) is 17.1 Å². The summed E-state index contributed by atoms with van der Waals surface area (Å²) in [5.74, 6) is -2.67. The van der Waals surface area contributed by atoms with Crippen LogP contribution in [-0.4, -0.2) is 17.1 Å². The minimum absolute atomic E-state index is 0.270. The number of benzene rings is 1. The quantitative estimate of drug-likeness (QED) is 0.819. The number of hydrogen-bond donors (Lipinski definition) is 2. The van der Waals surface area contributed by atoms with E-state index in [1.807, 2.05) is 0 Å². The Morgan fingerprint density at radius 2 is 1.87 bits per heavy atom. The number of ether oxygens (including phenoxy) is 1. The number of rotatable bonds is 2. The normalized spacial score (nSPS) is 11.1. The molecular weight excluding hydrogens is 318 g/mol. The van der Waals surface area contributed by atoms with Crippen LogP contribution in [-0.2, 0) is 6.18 Å². The molecule has 2 rings (SSSR count). The van der Waals surface area contributed by atoms with Gasteiger partial charge in [-0.25, -0.2) is 9.37 Å². The van der Waals surface area contributed by atoms with E-state index in [1.54, 1.807) is 6.07 Å². The number of nitrogens with zero attached hydrogens (tertiary/aromatic N) is 3. The Morgan fingerprint density at radius 1 is 1.22 bits per heavy atom. The van der Waals surface area contributed by atoms with E-state index in [0.717, 1.165) is 13.2 Å². The van der Waals surface area contributed by atoms with Crippen LogP contribution >= 0.6 is 0 Å². The predicted octanol–water partition coefficient (Wildman–Crippen LogP) is 2.35. The monoisotopic (exact) mass is 327 g/mol. The molecule has 0 unspecified atom stereocenters. The zero-order valence-corrected chi connectivity index (χ0v) is 11.6. The van der Waals surface area contributed by atoms with Crippen molar-refractivity contribution in [1.29, 1.82) is 5.26 Å². The average molecular weight is 327 g/mol. The Morgan fingerprint density at radius 3 is 2.39 bits per heavy atom. The van der Waals surface area contributed by atoms with Gasteiger partial charge in [-0.1, -0.05) is 0 Å². The first-order chi connectivity index (χ1) is 10.7. The smallest absolute Gasteiger partial charge is 0.419 e. The van der Waals surface area contributed by atoms with Gasteiger partial charge in [-0.2, -0.15) is 23.4 Å². The van der Waals surface area contributed by atoms with Gasteiger partial charge in [0.2, 0.25) is 5.95 Å². The van der Waals surface area contributed by atoms with Crippen LogP contribution in [0.4, 0.5) is 29.3 Å². The SMILES string of the molecule is COc1cc(-c2nc(N)nc(N)c2C#N)c(F)c(C(F)(F)F)c1. The van der Waals surface area contributed by atoms with Crippen molar-refractivity contribution in [3.8, 4) is 23.1 Å². The van der Waals surface area contributed by atoms with Crippen LogP contribution in [0.1, 0.15) is 11.1 Å². The van der Waals surface area contributed by atoms with E-state index < -0.39 is 34.8 Å². The third-order valence-electron chi connectivity index (χ3n) is 2.91. The van der Waals surface area contributed by atoms with Crippen molar-refractivity contribution in [2.24, 2.45) is 0 Å². The second-order valence-corrected chi connectivity index (χ2v) is 4.34. The van der Waals surface area contributed by atoms with Crippen molar-refractivity contribution in [1.82, 2.24) is 9.97 Å². The topological polar surface area (TPSA) is 111 Å². The Bertz CT molecular complexity index is 813. The first-order valence-electron chi connectivity index (χ1n) is 5.97. The molecule has 120 valence electrons. The molecule has 0 fully saturated rings. The summed E-state index contributed by atoms with van der Waals surface area (Å²) < 4.78 is 57.9. The van der Waals surface area contributed by atoms with Gasteiger partial charge in [0, 0.05) is 5.56 Å². The molecule has 0 saturated heterocycles. The summed E-state index contributed by atoms with van der Waals surface area (Å²) >= 11 is 0. The molecular formula is C13H9F4N5O. The molecule has 1 heterocycles. The Hall–Kier alpha value is -3.09. The number of aromatic nitrogens is 2. The number of hydrogen-bond acceptors (Lipinski definition) is 6. The molecule has 6 nitrogen and oxygen atoms in total. The van der Waals surface area contributed by atoms with E-state index in [9.17, 15) is 17.6 Å². The van der Waals surface area contributed by atoms with Gasteiger partial charge in [0.1, 0.15) is 29.0 Å². The third-order valence-corrected chi connectivity index (χ3v) is 2.91. The number of anilines is 2. The summed E-state index contributed by atoms with van der Waals surface area (Å²) in [5.41, 5.74) is 7.85. The molecule has 0 spiro atoms. The fourth-order valence-corrected chi connectivity index (χ4v) is 1.90. The van der Waals surface area contributed by atoms with Crippen LogP contribution in [0.25, 0.3) is 11.3 Å². The van der Waals surface area contributed by atoms with Gasteiger partial charge in [-0.3, -0.25) is 0 Å². The van der Waals surface area contributed by atoms with Gasteiger partial charge >= 0.3 is 6.18 Å². The summed E-state index contributed by atoms with van der Waals surface area (Å²) in [5, 5.41) is 9.07. The van der Waals surface area contributed by atoms with Gasteiger partial charge in [-0.15, -0.1) is 0 Å². The van der Waals surface area contributed by atoms with Crippen molar-refractivity contribution < 1.29 is 22.3 Å². The van der Waals surface area contributed by atoms with Crippen molar-refractivity contribution in [2.45, 2.75) is 6.18 Å². The number of methoxy groups -OCH3 is 1. The molecule has 1 aromatic carbocycles. The molecule has 0 aliphatic heterocycles. The van der Waals surface area contributed by atoms with Crippen LogP contribution < -0.4 is 16.2 Å². The molecule has 0 radical (unpaired) electrons. The minimum Gasteiger partial charge on any atom is -0.497 e. The summed E-state index contributed by atoms with van der Waals surface area (Å²) in [6.07, 6.45) is -4.97. The van der Waals surface area contributed by atoms with E-state index in [0.29, 0.717) is 6.07 Å². The summed E-state index contributed by atoms with van der Waals surface area (Å²) in [7, 11) is 1.12. The molecule has 4 N–H and O–H groups in total. The highest BCUT2D eigenvalue weighted by molar-refractivity contribution is 5.75. The molecule has 10 heteroatoms. The minimum atomic E-state index is -4.97. The fraction of sp³-hybridized carbons (Fsp3) is 0.154. The van der Waals surface area contributed by atoms with Gasteiger partial charge < -0.3 is 16.2 Å². The van der Waals surface area contributed by atoms with E-state index in [2.05, 4.69) is 9.97 Å². The number of nitrogens with two attached hydrogens (primary N) is 2. The average Bonchev–Trinajstić information content (AvgIpc) is 2.45. The Kier molecular flexibility index (Phi) is 3.97. The zero-order valence-electron chi connectivity index (χ0n) is 11.6. The van der Waals surface area contributed by atoms with Crippen molar-refractivity contribution in [3.05, 3.63) is 29.1 Å². The van der Waals surface area contributed by atoms with Crippen LogP contribution in [0.15, 0.2) is 12.1 Å². The lowest BCUT2D eigenvalue weighted by Gasteiger charge is -2.14. The van der Waals surface area contributed by atoms with Crippen LogP contribution in [0.2, 0.25) is 0 Å². The molecule has 0 aliphatic carbocycles. The molecule has 0 amide bonds. The second-order valence-electron chi connectivity index (χ2n) is 4.34. The van der Waals surface area contributed by atoms with E-state index in [4.69, 9.17) is 21.5 Å². The lowest BCUT2D eigenvalue weighted by molar-refractivity contribution is -0.140. The van der Waals surface area contributed by atoms with E-state index in [1.165, 1.54) is 0 Å². The predicted molar refractivity (Wildman–Crippen MR) is 72.5 cm³/mol. The number of alkyl halides is 3. The third kappa shape index (κ3) is 2.94. The Balaban J connectivity index is 2.87. The largest absolute Gasteiger partial charge is 0.497 e. The second kappa shape index (κ2) is 5.60. The van der Waals surface area contributed by atoms with Gasteiger partial charge in [0.25, 0.3) is 0 Å². The molecule has 0 atom stereocenters. The highest BCUT2D eigenvalue weighted by Crippen LogP contribution is 2.39. The maximum Gasteiger partial charge on any atom is 0.419 e. The van der Waals surface area contributed by atoms with E-state index in [-0.39, 0.29) is 17.1 Å². The first-order valence-corrected chi connectivity index (χ1v) is 5.97. The number of halogens is 4. The molecule has 1 aromatic heterocycles. The van der Waals surface area contributed by atoms with Crippen molar-refractivity contribution in [2.75, 3.05) is 18.6 Å². The molecule has 2 aromatic rings. The number of nitrogen functional groups attached to an aromatic ring is 2.